The van der Waals surface area contributed by atoms with Crippen LogP contribution in [0.15, 0.2) is 79.1 Å². The van der Waals surface area contributed by atoms with Crippen LogP contribution in [0.25, 0.3) is 10.9 Å². The summed E-state index contributed by atoms with van der Waals surface area (Å²) in [6.07, 6.45) is 4.95. The van der Waals surface area contributed by atoms with Crippen molar-refractivity contribution < 1.29 is 9.53 Å². The molecule has 5 heteroatoms. The SMILES string of the molecule is COc1ccccc1[C@H](CC(=O)NCCc1ccccn1)c1cn(C)c2ccccc12. The molecule has 0 fully saturated rings. The Morgan fingerprint density at radius 3 is 2.61 bits per heavy atom. The van der Waals surface area contributed by atoms with Gasteiger partial charge in [-0.15, -0.1) is 0 Å². The average Bonchev–Trinajstić information content (AvgIpc) is 3.15. The minimum absolute atomic E-state index is 0.0137. The number of carbonyl (C=O) groups is 1. The molecule has 2 heterocycles. The summed E-state index contributed by atoms with van der Waals surface area (Å²) in [5, 5.41) is 4.22. The van der Waals surface area contributed by atoms with Crippen LogP contribution >= 0.6 is 0 Å². The summed E-state index contributed by atoms with van der Waals surface area (Å²) in [6.45, 7) is 0.560. The molecule has 0 saturated heterocycles. The largest absolute Gasteiger partial charge is 0.496 e. The average molecular weight is 414 g/mol. The Bertz CT molecular complexity index is 1170. The fourth-order valence-electron chi connectivity index (χ4n) is 4.13. The van der Waals surface area contributed by atoms with E-state index in [2.05, 4.69) is 33.2 Å². The highest BCUT2D eigenvalue weighted by Crippen LogP contribution is 2.38. The fraction of sp³-hybridized carbons (Fsp3) is 0.231. The molecule has 2 aromatic carbocycles. The van der Waals surface area contributed by atoms with Crippen LogP contribution in [0.4, 0.5) is 0 Å². The number of carbonyl (C=O) groups excluding carboxylic acids is 1. The first-order valence-corrected chi connectivity index (χ1v) is 10.5. The maximum Gasteiger partial charge on any atom is 0.220 e. The van der Waals surface area contributed by atoms with Gasteiger partial charge in [0.2, 0.25) is 5.91 Å². The number of hydrogen-bond acceptors (Lipinski definition) is 3. The van der Waals surface area contributed by atoms with Gasteiger partial charge in [-0.3, -0.25) is 9.78 Å². The molecule has 1 atom stereocenters. The van der Waals surface area contributed by atoms with Crippen molar-refractivity contribution in [2.45, 2.75) is 18.8 Å². The highest BCUT2D eigenvalue weighted by atomic mass is 16.5. The molecule has 158 valence electrons. The first-order chi connectivity index (χ1) is 15.2. The standard InChI is InChI=1S/C26H27N3O2/c1-29-18-23(20-10-3-5-12-24(20)29)22(21-11-4-6-13-25(21)31-2)17-26(30)28-16-14-19-9-7-8-15-27-19/h3-13,15,18,22H,14,16-17H2,1-2H3,(H,28,30)/t22-/m0/s1. The second kappa shape index (κ2) is 9.47. The molecule has 4 rings (SSSR count). The van der Waals surface area contributed by atoms with Crippen molar-refractivity contribution in [2.24, 2.45) is 7.05 Å². The van der Waals surface area contributed by atoms with E-state index in [1.807, 2.05) is 61.6 Å². The van der Waals surface area contributed by atoms with E-state index in [4.69, 9.17) is 4.74 Å². The molecule has 0 radical (unpaired) electrons. The van der Waals surface area contributed by atoms with Gasteiger partial charge in [-0.2, -0.15) is 0 Å². The molecule has 0 aliphatic carbocycles. The zero-order chi connectivity index (χ0) is 21.6. The Kier molecular flexibility index (Phi) is 6.32. The Labute approximate surface area is 182 Å². The normalized spacial score (nSPS) is 11.9. The van der Waals surface area contributed by atoms with Crippen molar-refractivity contribution in [2.75, 3.05) is 13.7 Å². The number of fused-ring (bicyclic) bond motifs is 1. The number of hydrogen-bond donors (Lipinski definition) is 1. The second-order valence-corrected chi connectivity index (χ2v) is 7.63. The number of aromatic nitrogens is 2. The van der Waals surface area contributed by atoms with E-state index in [0.717, 1.165) is 33.5 Å². The molecule has 1 N–H and O–H groups in total. The third-order valence-electron chi connectivity index (χ3n) is 5.64. The Morgan fingerprint density at radius 2 is 1.81 bits per heavy atom. The summed E-state index contributed by atoms with van der Waals surface area (Å²) < 4.78 is 7.76. The fourth-order valence-corrected chi connectivity index (χ4v) is 4.13. The third-order valence-corrected chi connectivity index (χ3v) is 5.64. The van der Waals surface area contributed by atoms with Gasteiger partial charge >= 0.3 is 0 Å². The number of aryl methyl sites for hydroxylation is 1. The van der Waals surface area contributed by atoms with Crippen LogP contribution < -0.4 is 10.1 Å². The Balaban J connectivity index is 1.61. The maximum absolute atomic E-state index is 13.0. The van der Waals surface area contributed by atoms with E-state index in [1.165, 1.54) is 0 Å². The summed E-state index contributed by atoms with van der Waals surface area (Å²) in [4.78, 5) is 17.3. The first-order valence-electron chi connectivity index (χ1n) is 10.5. The number of para-hydroxylation sites is 2. The quantitative estimate of drug-likeness (QED) is 0.464. The zero-order valence-corrected chi connectivity index (χ0v) is 17.9. The van der Waals surface area contributed by atoms with E-state index >= 15 is 0 Å². The highest BCUT2D eigenvalue weighted by Gasteiger charge is 2.24. The molecular formula is C26H27N3O2. The van der Waals surface area contributed by atoms with Crippen LogP contribution in [-0.4, -0.2) is 29.1 Å². The van der Waals surface area contributed by atoms with Gasteiger partial charge in [0, 0.05) is 66.9 Å². The molecule has 4 aromatic rings. The van der Waals surface area contributed by atoms with Gasteiger partial charge < -0.3 is 14.6 Å². The lowest BCUT2D eigenvalue weighted by Crippen LogP contribution is -2.27. The molecular weight excluding hydrogens is 386 g/mol. The molecule has 0 saturated carbocycles. The smallest absolute Gasteiger partial charge is 0.220 e. The van der Waals surface area contributed by atoms with E-state index in [1.54, 1.807) is 13.3 Å². The molecule has 0 aliphatic heterocycles. The number of nitrogens with zero attached hydrogens (tertiary/aromatic N) is 2. The predicted molar refractivity (Wildman–Crippen MR) is 123 cm³/mol. The summed E-state index contributed by atoms with van der Waals surface area (Å²) in [5.74, 6) is 0.693. The monoisotopic (exact) mass is 413 g/mol. The van der Waals surface area contributed by atoms with Crippen molar-refractivity contribution in [1.82, 2.24) is 14.9 Å². The topological polar surface area (TPSA) is 56.1 Å². The van der Waals surface area contributed by atoms with Gasteiger partial charge in [0.25, 0.3) is 0 Å². The predicted octanol–water partition coefficient (Wildman–Crippen LogP) is 4.46. The lowest BCUT2D eigenvalue weighted by atomic mass is 9.87. The van der Waals surface area contributed by atoms with Crippen LogP contribution in [0, 0.1) is 0 Å². The lowest BCUT2D eigenvalue weighted by Gasteiger charge is -2.20. The van der Waals surface area contributed by atoms with Gasteiger partial charge in [0.1, 0.15) is 5.75 Å². The van der Waals surface area contributed by atoms with Crippen molar-refractivity contribution >= 4 is 16.8 Å². The molecule has 2 aromatic heterocycles. The summed E-state index contributed by atoms with van der Waals surface area (Å²) in [6, 6.07) is 22.1. The Hall–Kier alpha value is -3.60. The maximum atomic E-state index is 13.0. The Morgan fingerprint density at radius 1 is 1.03 bits per heavy atom. The van der Waals surface area contributed by atoms with Crippen LogP contribution in [0.3, 0.4) is 0 Å². The number of methoxy groups -OCH3 is 1. The minimum atomic E-state index is -0.114. The number of benzene rings is 2. The molecule has 5 nitrogen and oxygen atoms in total. The van der Waals surface area contributed by atoms with Crippen LogP contribution in [0.1, 0.15) is 29.2 Å². The minimum Gasteiger partial charge on any atom is -0.496 e. The number of rotatable bonds is 8. The van der Waals surface area contributed by atoms with Gasteiger partial charge in [0.15, 0.2) is 0 Å². The third kappa shape index (κ3) is 4.61. The molecule has 31 heavy (non-hydrogen) atoms. The first kappa shape index (κ1) is 20.7. The zero-order valence-electron chi connectivity index (χ0n) is 17.9. The van der Waals surface area contributed by atoms with E-state index in [0.29, 0.717) is 19.4 Å². The molecule has 0 aliphatic rings. The van der Waals surface area contributed by atoms with Crippen molar-refractivity contribution in [3.63, 3.8) is 0 Å². The van der Waals surface area contributed by atoms with Crippen molar-refractivity contribution in [3.05, 3.63) is 95.9 Å². The van der Waals surface area contributed by atoms with Gasteiger partial charge in [-0.1, -0.05) is 42.5 Å². The van der Waals surface area contributed by atoms with E-state index in [-0.39, 0.29) is 11.8 Å². The van der Waals surface area contributed by atoms with Gasteiger partial charge in [-0.05, 0) is 29.8 Å². The molecule has 0 unspecified atom stereocenters. The molecule has 0 spiro atoms. The lowest BCUT2D eigenvalue weighted by molar-refractivity contribution is -0.121. The van der Waals surface area contributed by atoms with Gasteiger partial charge in [0.05, 0.1) is 7.11 Å². The van der Waals surface area contributed by atoms with Crippen LogP contribution in [0.5, 0.6) is 5.75 Å². The summed E-state index contributed by atoms with van der Waals surface area (Å²) in [7, 11) is 3.71. The molecule has 0 bridgehead atoms. The van der Waals surface area contributed by atoms with Gasteiger partial charge in [-0.25, -0.2) is 0 Å². The number of amides is 1. The van der Waals surface area contributed by atoms with Crippen molar-refractivity contribution in [3.8, 4) is 5.75 Å². The molecule has 1 amide bonds. The number of pyridine rings is 1. The van der Waals surface area contributed by atoms with Crippen LogP contribution in [0.2, 0.25) is 0 Å². The second-order valence-electron chi connectivity index (χ2n) is 7.63. The highest BCUT2D eigenvalue weighted by molar-refractivity contribution is 5.86. The van der Waals surface area contributed by atoms with Crippen molar-refractivity contribution in [1.29, 1.82) is 0 Å². The van der Waals surface area contributed by atoms with E-state index in [9.17, 15) is 4.79 Å². The summed E-state index contributed by atoms with van der Waals surface area (Å²) >= 11 is 0. The summed E-state index contributed by atoms with van der Waals surface area (Å²) in [5.41, 5.74) is 4.26. The van der Waals surface area contributed by atoms with E-state index < -0.39 is 0 Å². The van der Waals surface area contributed by atoms with Crippen LogP contribution in [-0.2, 0) is 18.3 Å². The number of ether oxygens (including phenoxy) is 1. The number of nitrogens with one attached hydrogen (secondary N) is 1.